The lowest BCUT2D eigenvalue weighted by Crippen LogP contribution is -2.15. The second-order valence-electron chi connectivity index (χ2n) is 4.51. The Bertz CT molecular complexity index is 667. The number of rotatable bonds is 5. The SMILES string of the molecule is CC(C)Oc1ccccc1C(=O)Nc1ncc(C(N)=O)s1. The van der Waals surface area contributed by atoms with Gasteiger partial charge in [-0.1, -0.05) is 23.5 Å². The highest BCUT2D eigenvalue weighted by Crippen LogP contribution is 2.23. The number of carbonyl (C=O) groups excluding carboxylic acids is 2. The van der Waals surface area contributed by atoms with E-state index in [1.54, 1.807) is 24.3 Å². The van der Waals surface area contributed by atoms with Gasteiger partial charge in [0.1, 0.15) is 10.6 Å². The van der Waals surface area contributed by atoms with Gasteiger partial charge in [-0.2, -0.15) is 0 Å². The molecule has 0 aliphatic rings. The second-order valence-corrected chi connectivity index (χ2v) is 5.54. The molecule has 0 spiro atoms. The van der Waals surface area contributed by atoms with E-state index in [1.807, 2.05) is 13.8 Å². The van der Waals surface area contributed by atoms with E-state index >= 15 is 0 Å². The van der Waals surface area contributed by atoms with Crippen LogP contribution >= 0.6 is 11.3 Å². The second kappa shape index (κ2) is 6.36. The van der Waals surface area contributed by atoms with Crippen LogP contribution in [0.15, 0.2) is 30.5 Å². The maximum atomic E-state index is 12.3. The van der Waals surface area contributed by atoms with E-state index in [9.17, 15) is 9.59 Å². The topological polar surface area (TPSA) is 94.3 Å². The number of nitrogens with zero attached hydrogens (tertiary/aromatic N) is 1. The van der Waals surface area contributed by atoms with Crippen molar-refractivity contribution in [1.82, 2.24) is 4.98 Å². The molecule has 1 heterocycles. The van der Waals surface area contributed by atoms with Crippen LogP contribution in [0.25, 0.3) is 0 Å². The third kappa shape index (κ3) is 3.79. The van der Waals surface area contributed by atoms with Gasteiger partial charge in [-0.25, -0.2) is 4.98 Å². The fourth-order valence-corrected chi connectivity index (χ4v) is 2.28. The van der Waals surface area contributed by atoms with Crippen LogP contribution in [0.4, 0.5) is 5.13 Å². The Labute approximate surface area is 125 Å². The molecule has 0 unspecified atom stereocenters. The van der Waals surface area contributed by atoms with Crippen molar-refractivity contribution in [1.29, 1.82) is 0 Å². The first-order valence-electron chi connectivity index (χ1n) is 6.30. The van der Waals surface area contributed by atoms with E-state index in [1.165, 1.54) is 6.20 Å². The summed E-state index contributed by atoms with van der Waals surface area (Å²) in [5.74, 6) is -0.426. The molecule has 7 heteroatoms. The number of hydrogen-bond acceptors (Lipinski definition) is 5. The first kappa shape index (κ1) is 15.0. The van der Waals surface area contributed by atoms with Gasteiger partial charge in [0.15, 0.2) is 5.13 Å². The molecule has 1 aromatic heterocycles. The lowest BCUT2D eigenvalue weighted by molar-refractivity contribution is 0.0999. The number of ether oxygens (including phenoxy) is 1. The maximum absolute atomic E-state index is 12.3. The molecule has 1 aromatic carbocycles. The molecule has 0 atom stereocenters. The highest BCUT2D eigenvalue weighted by atomic mass is 32.1. The number of amides is 2. The predicted octanol–water partition coefficient (Wildman–Crippen LogP) is 2.28. The average Bonchev–Trinajstić information content (AvgIpc) is 2.87. The predicted molar refractivity (Wildman–Crippen MR) is 80.8 cm³/mol. The number of primary amides is 1. The summed E-state index contributed by atoms with van der Waals surface area (Å²) in [7, 11) is 0. The number of benzene rings is 1. The Morgan fingerprint density at radius 3 is 2.67 bits per heavy atom. The van der Waals surface area contributed by atoms with Crippen molar-refractivity contribution in [2.24, 2.45) is 5.73 Å². The van der Waals surface area contributed by atoms with Crippen LogP contribution in [-0.2, 0) is 0 Å². The van der Waals surface area contributed by atoms with E-state index in [4.69, 9.17) is 10.5 Å². The number of para-hydroxylation sites is 1. The van der Waals surface area contributed by atoms with Gasteiger partial charge in [-0.05, 0) is 26.0 Å². The molecular formula is C14H15N3O3S. The summed E-state index contributed by atoms with van der Waals surface area (Å²) in [5.41, 5.74) is 5.55. The zero-order valence-electron chi connectivity index (χ0n) is 11.6. The molecule has 0 fully saturated rings. The molecule has 0 aliphatic carbocycles. The van der Waals surface area contributed by atoms with Crippen molar-refractivity contribution in [2.45, 2.75) is 20.0 Å². The van der Waals surface area contributed by atoms with Crippen LogP contribution in [0.1, 0.15) is 33.9 Å². The van der Waals surface area contributed by atoms with Gasteiger partial charge < -0.3 is 10.5 Å². The van der Waals surface area contributed by atoms with Crippen LogP contribution in [0.3, 0.4) is 0 Å². The summed E-state index contributed by atoms with van der Waals surface area (Å²) in [6, 6.07) is 6.93. The average molecular weight is 305 g/mol. The van der Waals surface area contributed by atoms with E-state index < -0.39 is 5.91 Å². The Balaban J connectivity index is 2.18. The molecule has 0 saturated carbocycles. The van der Waals surface area contributed by atoms with Crippen molar-refractivity contribution in [3.05, 3.63) is 40.9 Å². The minimum absolute atomic E-state index is 0.0414. The molecule has 6 nitrogen and oxygen atoms in total. The summed E-state index contributed by atoms with van der Waals surface area (Å²) in [6.07, 6.45) is 1.29. The number of thiazole rings is 1. The first-order chi connectivity index (χ1) is 9.97. The molecule has 2 rings (SSSR count). The minimum Gasteiger partial charge on any atom is -0.490 e. The molecule has 110 valence electrons. The molecule has 0 aliphatic heterocycles. The number of carbonyl (C=O) groups is 2. The summed E-state index contributed by atoms with van der Waals surface area (Å²) >= 11 is 1.03. The van der Waals surface area contributed by atoms with E-state index in [2.05, 4.69) is 10.3 Å². The van der Waals surface area contributed by atoms with Crippen LogP contribution in [0.5, 0.6) is 5.75 Å². The number of hydrogen-bond donors (Lipinski definition) is 2. The molecule has 3 N–H and O–H groups in total. The minimum atomic E-state index is -0.573. The molecule has 0 radical (unpaired) electrons. The maximum Gasteiger partial charge on any atom is 0.261 e. The number of nitrogens with two attached hydrogens (primary N) is 1. The fourth-order valence-electron chi connectivity index (χ4n) is 1.62. The van der Waals surface area contributed by atoms with Gasteiger partial charge in [-0.15, -0.1) is 0 Å². The summed E-state index contributed by atoms with van der Waals surface area (Å²) in [6.45, 7) is 3.77. The highest BCUT2D eigenvalue weighted by molar-refractivity contribution is 7.17. The molecule has 0 bridgehead atoms. The lowest BCUT2D eigenvalue weighted by Gasteiger charge is -2.13. The third-order valence-electron chi connectivity index (χ3n) is 2.46. The van der Waals surface area contributed by atoms with Crippen LogP contribution < -0.4 is 15.8 Å². The highest BCUT2D eigenvalue weighted by Gasteiger charge is 2.15. The van der Waals surface area contributed by atoms with Crippen LogP contribution in [0, 0.1) is 0 Å². The first-order valence-corrected chi connectivity index (χ1v) is 7.11. The monoisotopic (exact) mass is 305 g/mol. The fraction of sp³-hybridized carbons (Fsp3) is 0.214. The smallest absolute Gasteiger partial charge is 0.261 e. The van der Waals surface area contributed by atoms with Gasteiger partial charge in [-0.3, -0.25) is 14.9 Å². The van der Waals surface area contributed by atoms with Crippen LogP contribution in [-0.4, -0.2) is 22.9 Å². The van der Waals surface area contributed by atoms with E-state index in [0.717, 1.165) is 11.3 Å². The van der Waals surface area contributed by atoms with E-state index in [0.29, 0.717) is 16.4 Å². The van der Waals surface area contributed by atoms with Gasteiger partial charge in [0, 0.05) is 0 Å². The normalized spacial score (nSPS) is 10.4. The third-order valence-corrected chi connectivity index (χ3v) is 3.39. The summed E-state index contributed by atoms with van der Waals surface area (Å²) < 4.78 is 5.60. The Kier molecular flexibility index (Phi) is 4.54. The van der Waals surface area contributed by atoms with Crippen molar-refractivity contribution < 1.29 is 14.3 Å². The van der Waals surface area contributed by atoms with Gasteiger partial charge in [0.05, 0.1) is 17.9 Å². The standard InChI is InChI=1S/C14H15N3O3S/c1-8(2)20-10-6-4-3-5-9(10)13(19)17-14-16-7-11(21-14)12(15)18/h3-8H,1-2H3,(H2,15,18)(H,16,17,19). The van der Waals surface area contributed by atoms with Crippen LogP contribution in [0.2, 0.25) is 0 Å². The molecular weight excluding hydrogens is 290 g/mol. The zero-order chi connectivity index (χ0) is 15.4. The van der Waals surface area contributed by atoms with Crippen molar-refractivity contribution in [2.75, 3.05) is 5.32 Å². The van der Waals surface area contributed by atoms with Crippen molar-refractivity contribution in [3.63, 3.8) is 0 Å². The van der Waals surface area contributed by atoms with Crippen molar-refractivity contribution in [3.8, 4) is 5.75 Å². The van der Waals surface area contributed by atoms with Gasteiger partial charge in [0.25, 0.3) is 11.8 Å². The lowest BCUT2D eigenvalue weighted by atomic mass is 10.2. The molecule has 0 saturated heterocycles. The summed E-state index contributed by atoms with van der Waals surface area (Å²) in [4.78, 5) is 27.5. The van der Waals surface area contributed by atoms with E-state index in [-0.39, 0.29) is 16.9 Å². The largest absolute Gasteiger partial charge is 0.490 e. The van der Waals surface area contributed by atoms with Crippen molar-refractivity contribution >= 4 is 28.3 Å². The zero-order valence-corrected chi connectivity index (χ0v) is 12.4. The number of aromatic nitrogens is 1. The Hall–Kier alpha value is -2.41. The molecule has 21 heavy (non-hydrogen) atoms. The van der Waals surface area contributed by atoms with Gasteiger partial charge in [0.2, 0.25) is 0 Å². The Morgan fingerprint density at radius 2 is 2.05 bits per heavy atom. The quantitative estimate of drug-likeness (QED) is 0.886. The Morgan fingerprint density at radius 1 is 1.33 bits per heavy atom. The molecule has 2 amide bonds. The number of anilines is 1. The van der Waals surface area contributed by atoms with Gasteiger partial charge >= 0.3 is 0 Å². The molecule has 2 aromatic rings. The number of nitrogens with one attached hydrogen (secondary N) is 1. The summed E-state index contributed by atoms with van der Waals surface area (Å²) in [5, 5.41) is 2.94.